The van der Waals surface area contributed by atoms with Crippen LogP contribution < -0.4 is 5.73 Å². The van der Waals surface area contributed by atoms with Crippen molar-refractivity contribution in [2.45, 2.75) is 50.7 Å². The maximum atomic E-state index is 13.1. The van der Waals surface area contributed by atoms with Gasteiger partial charge in [-0.1, -0.05) is 37.9 Å². The van der Waals surface area contributed by atoms with E-state index in [-0.39, 0.29) is 18.1 Å². The van der Waals surface area contributed by atoms with Gasteiger partial charge in [0.05, 0.1) is 10.4 Å². The van der Waals surface area contributed by atoms with Crippen molar-refractivity contribution in [1.82, 2.24) is 4.90 Å². The normalized spacial score (nSPS) is 29.1. The van der Waals surface area contributed by atoms with Crippen LogP contribution in [0.2, 0.25) is 0 Å². The highest BCUT2D eigenvalue weighted by molar-refractivity contribution is 7.80. The molecular formula is C15H26N2O3S. The van der Waals surface area contributed by atoms with Crippen LogP contribution in [0, 0.1) is 5.41 Å². The molecule has 1 saturated heterocycles. The Bertz CT molecular complexity index is 382. The van der Waals surface area contributed by atoms with Crippen LogP contribution in [0.4, 0.5) is 0 Å². The first-order valence-corrected chi connectivity index (χ1v) is 8.11. The lowest BCUT2D eigenvalue weighted by Gasteiger charge is -2.34. The second-order valence-electron chi connectivity index (χ2n) is 6.12. The van der Waals surface area contributed by atoms with Crippen molar-refractivity contribution in [2.75, 3.05) is 27.3 Å². The number of likely N-dealkylation sites (tertiary alicyclic amines) is 1. The molecule has 0 aromatic carbocycles. The fourth-order valence-electron chi connectivity index (χ4n) is 3.56. The minimum atomic E-state index is -0.660. The van der Waals surface area contributed by atoms with Crippen molar-refractivity contribution in [1.29, 1.82) is 0 Å². The maximum absolute atomic E-state index is 13.1. The molecule has 6 heteroatoms. The van der Waals surface area contributed by atoms with Gasteiger partial charge in [0.15, 0.2) is 0 Å². The van der Waals surface area contributed by atoms with Crippen molar-refractivity contribution in [3.8, 4) is 0 Å². The van der Waals surface area contributed by atoms with Gasteiger partial charge in [-0.15, -0.1) is 0 Å². The first kappa shape index (κ1) is 16.6. The lowest BCUT2D eigenvalue weighted by molar-refractivity contribution is -0.138. The van der Waals surface area contributed by atoms with E-state index in [0.717, 1.165) is 38.5 Å². The Labute approximate surface area is 132 Å². The third kappa shape index (κ3) is 3.22. The Morgan fingerprint density at radius 3 is 1.95 bits per heavy atom. The molecule has 2 fully saturated rings. The van der Waals surface area contributed by atoms with Crippen LogP contribution in [0.25, 0.3) is 0 Å². The van der Waals surface area contributed by atoms with E-state index < -0.39 is 5.41 Å². The number of nitrogens with zero attached hydrogens (tertiary/aromatic N) is 1. The highest BCUT2D eigenvalue weighted by Crippen LogP contribution is 2.38. The Balaban J connectivity index is 2.17. The van der Waals surface area contributed by atoms with E-state index in [2.05, 4.69) is 0 Å². The number of methoxy groups -OCH3 is 2. The van der Waals surface area contributed by atoms with Gasteiger partial charge in [0.2, 0.25) is 5.91 Å². The molecule has 1 heterocycles. The summed E-state index contributed by atoms with van der Waals surface area (Å²) < 4.78 is 10.8. The number of carbonyl (C=O) groups is 1. The SMILES string of the molecule is COC1CN(C(=O)C2(C(N)=S)CCCCCC2)CC1OC. The summed E-state index contributed by atoms with van der Waals surface area (Å²) in [6.45, 7) is 1.11. The number of nitrogens with two attached hydrogens (primary N) is 1. The van der Waals surface area contributed by atoms with Gasteiger partial charge in [-0.3, -0.25) is 4.79 Å². The highest BCUT2D eigenvalue weighted by Gasteiger charge is 2.47. The summed E-state index contributed by atoms with van der Waals surface area (Å²) in [5, 5.41) is 0. The van der Waals surface area contributed by atoms with E-state index in [4.69, 9.17) is 27.4 Å². The first-order valence-electron chi connectivity index (χ1n) is 7.70. The molecular weight excluding hydrogens is 288 g/mol. The molecule has 0 aromatic heterocycles. The van der Waals surface area contributed by atoms with Gasteiger partial charge in [0.1, 0.15) is 12.2 Å². The molecule has 120 valence electrons. The highest BCUT2D eigenvalue weighted by atomic mass is 32.1. The molecule has 5 nitrogen and oxygen atoms in total. The molecule has 21 heavy (non-hydrogen) atoms. The summed E-state index contributed by atoms with van der Waals surface area (Å²) in [6.07, 6.45) is 5.72. The number of hydrogen-bond donors (Lipinski definition) is 1. The summed E-state index contributed by atoms with van der Waals surface area (Å²) in [5.41, 5.74) is 5.34. The molecule has 2 aliphatic rings. The Hall–Kier alpha value is -0.720. The summed E-state index contributed by atoms with van der Waals surface area (Å²) in [7, 11) is 3.30. The van der Waals surface area contributed by atoms with Gasteiger partial charge in [0, 0.05) is 27.3 Å². The van der Waals surface area contributed by atoms with Crippen molar-refractivity contribution < 1.29 is 14.3 Å². The smallest absolute Gasteiger partial charge is 0.235 e. The van der Waals surface area contributed by atoms with E-state index in [1.807, 2.05) is 4.90 Å². The average molecular weight is 314 g/mol. The molecule has 1 aliphatic heterocycles. The van der Waals surface area contributed by atoms with Crippen LogP contribution in [0.1, 0.15) is 38.5 Å². The number of rotatable bonds is 4. The predicted molar refractivity (Wildman–Crippen MR) is 85.1 cm³/mol. The second-order valence-corrected chi connectivity index (χ2v) is 6.56. The monoisotopic (exact) mass is 314 g/mol. The molecule has 0 spiro atoms. The zero-order chi connectivity index (χ0) is 15.5. The molecule has 2 unspecified atom stereocenters. The molecule has 1 aliphatic carbocycles. The average Bonchev–Trinajstić information content (AvgIpc) is 2.73. The lowest BCUT2D eigenvalue weighted by Crippen LogP contribution is -2.50. The Morgan fingerprint density at radius 1 is 1.10 bits per heavy atom. The molecule has 2 N–H and O–H groups in total. The minimum Gasteiger partial charge on any atom is -0.392 e. The van der Waals surface area contributed by atoms with Crippen LogP contribution in [0.3, 0.4) is 0 Å². The topological polar surface area (TPSA) is 64.8 Å². The number of amides is 1. The number of thiocarbonyl (C=S) groups is 1. The van der Waals surface area contributed by atoms with Crippen LogP contribution in [0.15, 0.2) is 0 Å². The summed E-state index contributed by atoms with van der Waals surface area (Å²) in [5.74, 6) is 0.0681. The molecule has 1 amide bonds. The van der Waals surface area contributed by atoms with Gasteiger partial charge in [-0.2, -0.15) is 0 Å². The van der Waals surface area contributed by atoms with Crippen LogP contribution in [-0.2, 0) is 14.3 Å². The van der Waals surface area contributed by atoms with Gasteiger partial charge >= 0.3 is 0 Å². The summed E-state index contributed by atoms with van der Waals surface area (Å²) in [6, 6.07) is 0. The minimum absolute atomic E-state index is 0.0681. The molecule has 1 saturated carbocycles. The Kier molecular flexibility index (Phi) is 5.57. The number of ether oxygens (including phenoxy) is 2. The van der Waals surface area contributed by atoms with Gasteiger partial charge < -0.3 is 20.1 Å². The van der Waals surface area contributed by atoms with E-state index in [1.54, 1.807) is 14.2 Å². The largest absolute Gasteiger partial charge is 0.392 e. The summed E-state index contributed by atoms with van der Waals surface area (Å²) in [4.78, 5) is 15.3. The first-order chi connectivity index (χ1) is 10.0. The number of carbonyl (C=O) groups excluding carboxylic acids is 1. The zero-order valence-corrected chi connectivity index (χ0v) is 13.8. The van der Waals surface area contributed by atoms with Crippen LogP contribution in [0.5, 0.6) is 0 Å². The van der Waals surface area contributed by atoms with Crippen molar-refractivity contribution in [3.63, 3.8) is 0 Å². The van der Waals surface area contributed by atoms with E-state index in [1.165, 1.54) is 0 Å². The van der Waals surface area contributed by atoms with E-state index in [0.29, 0.717) is 18.1 Å². The lowest BCUT2D eigenvalue weighted by atomic mass is 9.79. The third-order valence-corrected chi connectivity index (χ3v) is 5.34. The van der Waals surface area contributed by atoms with Gasteiger partial charge in [0.25, 0.3) is 0 Å². The molecule has 2 rings (SSSR count). The van der Waals surface area contributed by atoms with Crippen LogP contribution in [-0.4, -0.2) is 55.3 Å². The standard InChI is InChI=1S/C15H26N2O3S/c1-19-11-9-17(10-12(11)20-2)14(18)15(13(16)21)7-5-3-4-6-8-15/h11-12H,3-10H2,1-2H3,(H2,16,21). The molecule has 2 atom stereocenters. The zero-order valence-electron chi connectivity index (χ0n) is 13.0. The Morgan fingerprint density at radius 2 is 1.57 bits per heavy atom. The molecule has 0 bridgehead atoms. The van der Waals surface area contributed by atoms with E-state index >= 15 is 0 Å². The van der Waals surface area contributed by atoms with E-state index in [9.17, 15) is 4.79 Å². The van der Waals surface area contributed by atoms with Gasteiger partial charge in [-0.25, -0.2) is 0 Å². The van der Waals surface area contributed by atoms with Crippen molar-refractivity contribution in [3.05, 3.63) is 0 Å². The van der Waals surface area contributed by atoms with Gasteiger partial charge in [-0.05, 0) is 12.8 Å². The second kappa shape index (κ2) is 7.03. The van der Waals surface area contributed by atoms with Crippen molar-refractivity contribution in [2.24, 2.45) is 11.1 Å². The van der Waals surface area contributed by atoms with Crippen LogP contribution >= 0.6 is 12.2 Å². The van der Waals surface area contributed by atoms with Crippen molar-refractivity contribution >= 4 is 23.1 Å². The third-order valence-electron chi connectivity index (χ3n) is 4.95. The molecule has 0 radical (unpaired) electrons. The predicted octanol–water partition coefficient (Wildman–Crippen LogP) is 1.49. The summed E-state index contributed by atoms with van der Waals surface area (Å²) >= 11 is 5.28. The quantitative estimate of drug-likeness (QED) is 0.629. The maximum Gasteiger partial charge on any atom is 0.235 e. The molecule has 0 aromatic rings. The fraction of sp³-hybridized carbons (Fsp3) is 0.867. The fourth-order valence-corrected chi connectivity index (χ4v) is 3.85. The number of hydrogen-bond acceptors (Lipinski definition) is 4.